The van der Waals surface area contributed by atoms with Crippen LogP contribution in [-0.4, -0.2) is 23.9 Å². The first-order valence-electron chi connectivity index (χ1n) is 9.35. The molecule has 4 aromatic rings. The Kier molecular flexibility index (Phi) is 4.84. The van der Waals surface area contributed by atoms with Crippen LogP contribution in [-0.2, 0) is 16.6 Å². The van der Waals surface area contributed by atoms with E-state index >= 15 is 0 Å². The number of fused-ring (bicyclic) bond motifs is 2. The minimum Gasteiger partial charge on any atom is -0.347 e. The Morgan fingerprint density at radius 2 is 1.83 bits per heavy atom. The van der Waals surface area contributed by atoms with Gasteiger partial charge in [-0.05, 0) is 36.2 Å². The van der Waals surface area contributed by atoms with Crippen LogP contribution in [0.3, 0.4) is 0 Å². The van der Waals surface area contributed by atoms with Crippen LogP contribution in [0.5, 0.6) is 0 Å². The van der Waals surface area contributed by atoms with E-state index in [0.29, 0.717) is 22.4 Å². The molecule has 1 amide bonds. The van der Waals surface area contributed by atoms with Crippen molar-refractivity contribution in [2.24, 2.45) is 5.92 Å². The summed E-state index contributed by atoms with van der Waals surface area (Å²) in [6.45, 7) is 5.05. The summed E-state index contributed by atoms with van der Waals surface area (Å²) >= 11 is 0. The summed E-state index contributed by atoms with van der Waals surface area (Å²) in [4.78, 5) is 17.0. The summed E-state index contributed by atoms with van der Waals surface area (Å²) in [5.41, 5.74) is 1.55. The van der Waals surface area contributed by atoms with Crippen LogP contribution in [0, 0.1) is 5.92 Å². The fraction of sp³-hybridized carbons (Fsp3) is 0.182. The molecule has 0 bridgehead atoms. The minimum absolute atomic E-state index is 0.0199. The van der Waals surface area contributed by atoms with Gasteiger partial charge in [0.2, 0.25) is 0 Å². The van der Waals surface area contributed by atoms with Crippen LogP contribution >= 0.6 is 0 Å². The van der Waals surface area contributed by atoms with Crippen molar-refractivity contribution in [3.05, 3.63) is 72.6 Å². The number of hydrogen-bond acceptors (Lipinski definition) is 4. The van der Waals surface area contributed by atoms with Crippen molar-refractivity contribution in [3.63, 3.8) is 0 Å². The lowest BCUT2D eigenvalue weighted by molar-refractivity contribution is 0.0983. The zero-order chi connectivity index (χ0) is 20.6. The number of nitrogens with one attached hydrogen (secondary N) is 1. The van der Waals surface area contributed by atoms with Gasteiger partial charge in [-0.1, -0.05) is 38.1 Å². The highest BCUT2D eigenvalue weighted by molar-refractivity contribution is 7.90. The van der Waals surface area contributed by atoms with Crippen molar-refractivity contribution in [2.75, 3.05) is 0 Å². The fourth-order valence-electron chi connectivity index (χ4n) is 3.50. The molecule has 0 spiro atoms. The van der Waals surface area contributed by atoms with E-state index in [1.54, 1.807) is 36.4 Å². The first-order valence-corrected chi connectivity index (χ1v) is 10.8. The topological polar surface area (TPSA) is 81.1 Å². The third kappa shape index (κ3) is 3.61. The van der Waals surface area contributed by atoms with Crippen LogP contribution < -0.4 is 4.72 Å². The third-order valence-electron chi connectivity index (χ3n) is 4.73. The molecule has 0 saturated heterocycles. The largest absolute Gasteiger partial charge is 0.347 e. The summed E-state index contributed by atoms with van der Waals surface area (Å²) in [6, 6.07) is 15.5. The standard InChI is InChI=1S/C22H21N3O3S/c1-15(2)14-25-13-11-17-18(8-4-9-19(17)25)22(26)24-29(27,28)20-10-3-6-16-7-5-12-23-21(16)20/h3-13,15H,14H2,1-2H3,(H,24,26). The maximum atomic E-state index is 12.9. The predicted molar refractivity (Wildman–Crippen MR) is 113 cm³/mol. The number of pyridine rings is 1. The number of rotatable bonds is 5. The van der Waals surface area contributed by atoms with Gasteiger partial charge in [-0.2, -0.15) is 0 Å². The predicted octanol–water partition coefficient (Wildman–Crippen LogP) is 3.96. The molecule has 148 valence electrons. The van der Waals surface area contributed by atoms with E-state index in [1.807, 2.05) is 18.3 Å². The lowest BCUT2D eigenvalue weighted by Gasteiger charge is -2.11. The maximum Gasteiger partial charge on any atom is 0.266 e. The smallest absolute Gasteiger partial charge is 0.266 e. The van der Waals surface area contributed by atoms with Gasteiger partial charge in [0, 0.05) is 40.8 Å². The number of carbonyl (C=O) groups excluding carboxylic acids is 1. The number of para-hydroxylation sites is 1. The first kappa shape index (κ1) is 19.1. The average Bonchev–Trinajstić information content (AvgIpc) is 3.09. The average molecular weight is 407 g/mol. The first-order chi connectivity index (χ1) is 13.9. The molecule has 1 N–H and O–H groups in total. The second-order valence-electron chi connectivity index (χ2n) is 7.37. The molecule has 0 aliphatic carbocycles. The number of hydrogen-bond donors (Lipinski definition) is 1. The van der Waals surface area contributed by atoms with Crippen molar-refractivity contribution in [2.45, 2.75) is 25.3 Å². The van der Waals surface area contributed by atoms with Crippen molar-refractivity contribution >= 4 is 37.7 Å². The van der Waals surface area contributed by atoms with Crippen molar-refractivity contribution in [1.29, 1.82) is 0 Å². The molecule has 7 heteroatoms. The molecule has 4 rings (SSSR count). The molecule has 2 aromatic carbocycles. The molecule has 2 aromatic heterocycles. The Labute approximate surface area is 169 Å². The van der Waals surface area contributed by atoms with Gasteiger partial charge in [-0.25, -0.2) is 13.1 Å². The van der Waals surface area contributed by atoms with Crippen molar-refractivity contribution in [1.82, 2.24) is 14.3 Å². The molecule has 0 atom stereocenters. The van der Waals surface area contributed by atoms with Gasteiger partial charge in [0.15, 0.2) is 0 Å². The van der Waals surface area contributed by atoms with E-state index in [2.05, 4.69) is 28.1 Å². The third-order valence-corrected chi connectivity index (χ3v) is 6.10. The van der Waals surface area contributed by atoms with E-state index in [4.69, 9.17) is 0 Å². The number of benzene rings is 2. The summed E-state index contributed by atoms with van der Waals surface area (Å²) in [5.74, 6) is -0.215. The molecule has 0 unspecified atom stereocenters. The number of amides is 1. The summed E-state index contributed by atoms with van der Waals surface area (Å²) in [6.07, 6.45) is 3.45. The van der Waals surface area contributed by atoms with E-state index < -0.39 is 15.9 Å². The minimum atomic E-state index is -4.08. The van der Waals surface area contributed by atoms with Crippen LogP contribution in [0.25, 0.3) is 21.8 Å². The summed E-state index contributed by atoms with van der Waals surface area (Å²) in [7, 11) is -4.08. The van der Waals surface area contributed by atoms with Gasteiger partial charge in [0.25, 0.3) is 15.9 Å². The number of sulfonamides is 1. The van der Waals surface area contributed by atoms with Crippen LogP contribution in [0.15, 0.2) is 71.9 Å². The van der Waals surface area contributed by atoms with Crippen LogP contribution in [0.4, 0.5) is 0 Å². The van der Waals surface area contributed by atoms with Crippen molar-refractivity contribution < 1.29 is 13.2 Å². The number of carbonyl (C=O) groups is 1. The molecule has 0 aliphatic rings. The van der Waals surface area contributed by atoms with E-state index in [1.165, 1.54) is 12.3 Å². The van der Waals surface area contributed by atoms with Gasteiger partial charge in [0.1, 0.15) is 4.90 Å². The molecular weight excluding hydrogens is 386 g/mol. The Morgan fingerprint density at radius 1 is 1.07 bits per heavy atom. The molecular formula is C22H21N3O3S. The van der Waals surface area contributed by atoms with Gasteiger partial charge in [-0.15, -0.1) is 0 Å². The van der Waals surface area contributed by atoms with Crippen LogP contribution in [0.2, 0.25) is 0 Å². The highest BCUT2D eigenvalue weighted by Crippen LogP contribution is 2.24. The highest BCUT2D eigenvalue weighted by Gasteiger charge is 2.23. The Morgan fingerprint density at radius 3 is 2.62 bits per heavy atom. The maximum absolute atomic E-state index is 12.9. The van der Waals surface area contributed by atoms with Crippen molar-refractivity contribution in [3.8, 4) is 0 Å². The Balaban J connectivity index is 1.71. The lowest BCUT2D eigenvalue weighted by Crippen LogP contribution is -2.31. The van der Waals surface area contributed by atoms with Crippen LogP contribution in [0.1, 0.15) is 24.2 Å². The molecule has 0 saturated carbocycles. The highest BCUT2D eigenvalue weighted by atomic mass is 32.2. The second kappa shape index (κ2) is 7.33. The monoisotopic (exact) mass is 407 g/mol. The molecule has 6 nitrogen and oxygen atoms in total. The molecule has 0 radical (unpaired) electrons. The molecule has 2 heterocycles. The molecule has 0 aliphatic heterocycles. The SMILES string of the molecule is CC(C)Cn1ccc2c(C(=O)NS(=O)(=O)c3cccc4cccnc34)cccc21. The second-order valence-corrected chi connectivity index (χ2v) is 9.02. The zero-order valence-electron chi connectivity index (χ0n) is 16.2. The summed E-state index contributed by atoms with van der Waals surface area (Å²) in [5, 5.41) is 1.41. The quantitative estimate of drug-likeness (QED) is 0.543. The normalized spacial score (nSPS) is 12.0. The Bertz CT molecular complexity index is 1320. The summed E-state index contributed by atoms with van der Waals surface area (Å²) < 4.78 is 30.2. The van der Waals surface area contributed by atoms with Gasteiger partial charge in [0.05, 0.1) is 5.52 Å². The van der Waals surface area contributed by atoms with E-state index in [9.17, 15) is 13.2 Å². The van der Waals surface area contributed by atoms with Gasteiger partial charge in [-0.3, -0.25) is 9.78 Å². The lowest BCUT2D eigenvalue weighted by atomic mass is 10.1. The number of nitrogens with zero attached hydrogens (tertiary/aromatic N) is 2. The Hall–Kier alpha value is -3.19. The van der Waals surface area contributed by atoms with Gasteiger partial charge < -0.3 is 4.57 Å². The number of aromatic nitrogens is 2. The van der Waals surface area contributed by atoms with Gasteiger partial charge >= 0.3 is 0 Å². The fourth-order valence-corrected chi connectivity index (χ4v) is 4.65. The zero-order valence-corrected chi connectivity index (χ0v) is 17.0. The molecule has 0 fully saturated rings. The molecule has 29 heavy (non-hydrogen) atoms. The van der Waals surface area contributed by atoms with E-state index in [0.717, 1.165) is 17.4 Å². The van der Waals surface area contributed by atoms with E-state index in [-0.39, 0.29) is 4.90 Å².